The fraction of sp³-hybridized carbons (Fsp3) is 0.308. The van der Waals surface area contributed by atoms with Crippen LogP contribution < -0.4 is 5.32 Å². The van der Waals surface area contributed by atoms with E-state index in [9.17, 15) is 9.18 Å². The highest BCUT2D eigenvalue weighted by molar-refractivity contribution is 9.10. The van der Waals surface area contributed by atoms with Gasteiger partial charge in [0.1, 0.15) is 5.82 Å². The van der Waals surface area contributed by atoms with E-state index in [2.05, 4.69) is 27.2 Å². The molecule has 0 bridgehead atoms. The highest BCUT2D eigenvalue weighted by Gasteiger charge is 2.17. The van der Waals surface area contributed by atoms with Crippen LogP contribution in [0.15, 0.2) is 22.7 Å². The van der Waals surface area contributed by atoms with Gasteiger partial charge in [-0.3, -0.25) is 4.79 Å². The largest absolute Gasteiger partial charge is 0.338 e. The van der Waals surface area contributed by atoms with Crippen LogP contribution >= 0.6 is 15.9 Å². The van der Waals surface area contributed by atoms with Gasteiger partial charge in [0.25, 0.3) is 5.91 Å². The number of benzene rings is 1. The summed E-state index contributed by atoms with van der Waals surface area (Å²) in [5.41, 5.74) is -0.0103. The molecule has 0 aliphatic rings. The predicted molar refractivity (Wildman–Crippen MR) is 69.1 cm³/mol. The van der Waals surface area contributed by atoms with Crippen LogP contribution in [0.4, 0.5) is 4.39 Å². The average molecular weight is 298 g/mol. The Hall–Kier alpha value is -1.34. The van der Waals surface area contributed by atoms with Gasteiger partial charge in [-0.1, -0.05) is 25.3 Å². The Morgan fingerprint density at radius 3 is 2.88 bits per heavy atom. The summed E-state index contributed by atoms with van der Waals surface area (Å²) in [5, 5.41) is 2.62. The molecule has 1 aromatic rings. The van der Waals surface area contributed by atoms with Crippen molar-refractivity contribution in [2.24, 2.45) is 0 Å². The van der Waals surface area contributed by atoms with E-state index in [0.717, 1.165) is 6.42 Å². The zero-order valence-electron chi connectivity index (χ0n) is 9.47. The first kappa shape index (κ1) is 13.7. The van der Waals surface area contributed by atoms with Crippen molar-refractivity contribution < 1.29 is 9.18 Å². The van der Waals surface area contributed by atoms with E-state index in [-0.39, 0.29) is 11.6 Å². The Balaban J connectivity index is 2.87. The lowest BCUT2D eigenvalue weighted by Crippen LogP contribution is -2.34. The van der Waals surface area contributed by atoms with Crippen molar-refractivity contribution in [2.45, 2.75) is 25.8 Å². The highest BCUT2D eigenvalue weighted by Crippen LogP contribution is 2.19. The first-order valence-electron chi connectivity index (χ1n) is 5.31. The fourth-order valence-electron chi connectivity index (χ4n) is 1.43. The molecule has 0 saturated carbocycles. The van der Waals surface area contributed by atoms with Gasteiger partial charge in [-0.15, -0.1) is 6.42 Å². The molecule has 1 unspecified atom stereocenters. The minimum Gasteiger partial charge on any atom is -0.338 e. The summed E-state index contributed by atoms with van der Waals surface area (Å²) in [7, 11) is 0. The number of halogens is 2. The van der Waals surface area contributed by atoms with Crippen molar-refractivity contribution >= 4 is 21.8 Å². The molecule has 90 valence electrons. The number of hydrogen-bond acceptors (Lipinski definition) is 1. The van der Waals surface area contributed by atoms with E-state index in [4.69, 9.17) is 6.42 Å². The average Bonchev–Trinajstić information content (AvgIpc) is 2.28. The van der Waals surface area contributed by atoms with Crippen LogP contribution in [0.25, 0.3) is 0 Å². The van der Waals surface area contributed by atoms with Crippen LogP contribution in [-0.2, 0) is 0 Å². The standard InChI is InChI=1S/C13H13BrFNO/c1-3-6-9(4-2)16-13(17)12-10(14)7-5-8-11(12)15/h2,5,7-9H,3,6H2,1H3,(H,16,17). The van der Waals surface area contributed by atoms with Crippen molar-refractivity contribution in [1.29, 1.82) is 0 Å². The third-order valence-electron chi connectivity index (χ3n) is 2.27. The van der Waals surface area contributed by atoms with Gasteiger partial charge in [-0.2, -0.15) is 0 Å². The molecular formula is C13H13BrFNO. The smallest absolute Gasteiger partial charge is 0.256 e. The normalized spacial score (nSPS) is 11.6. The van der Waals surface area contributed by atoms with Gasteiger partial charge < -0.3 is 5.32 Å². The minimum atomic E-state index is -0.566. The van der Waals surface area contributed by atoms with Crippen LogP contribution in [0.2, 0.25) is 0 Å². The summed E-state index contributed by atoms with van der Waals surface area (Å²) in [4.78, 5) is 11.9. The number of terminal acetylenes is 1. The van der Waals surface area contributed by atoms with Crippen molar-refractivity contribution in [2.75, 3.05) is 0 Å². The first-order chi connectivity index (χ1) is 8.10. The summed E-state index contributed by atoms with van der Waals surface area (Å²) in [5.74, 6) is 1.41. The molecular weight excluding hydrogens is 285 g/mol. The molecule has 17 heavy (non-hydrogen) atoms. The molecule has 0 radical (unpaired) electrons. The number of rotatable bonds is 4. The summed E-state index contributed by atoms with van der Waals surface area (Å²) < 4.78 is 13.9. The lowest BCUT2D eigenvalue weighted by atomic mass is 10.1. The van der Waals surface area contributed by atoms with E-state index in [1.54, 1.807) is 6.07 Å². The number of hydrogen-bond donors (Lipinski definition) is 1. The third-order valence-corrected chi connectivity index (χ3v) is 2.93. The van der Waals surface area contributed by atoms with Crippen molar-refractivity contribution in [3.63, 3.8) is 0 Å². The van der Waals surface area contributed by atoms with Gasteiger partial charge in [0.05, 0.1) is 11.6 Å². The third kappa shape index (κ3) is 3.57. The predicted octanol–water partition coefficient (Wildman–Crippen LogP) is 3.12. The zero-order chi connectivity index (χ0) is 12.8. The SMILES string of the molecule is C#CC(CCC)NC(=O)c1c(F)cccc1Br. The van der Waals surface area contributed by atoms with E-state index in [1.807, 2.05) is 6.92 Å². The molecule has 1 aromatic carbocycles. The number of nitrogens with one attached hydrogen (secondary N) is 1. The van der Waals surface area contributed by atoms with Crippen LogP contribution in [0, 0.1) is 18.2 Å². The van der Waals surface area contributed by atoms with Crippen LogP contribution in [0.3, 0.4) is 0 Å². The molecule has 0 aromatic heterocycles. The molecule has 1 N–H and O–H groups in total. The monoisotopic (exact) mass is 297 g/mol. The quantitative estimate of drug-likeness (QED) is 0.850. The van der Waals surface area contributed by atoms with E-state index in [0.29, 0.717) is 10.9 Å². The summed E-state index contributed by atoms with van der Waals surface area (Å²) in [6, 6.07) is 4.02. The molecule has 4 heteroatoms. The molecule has 1 atom stereocenters. The molecule has 0 heterocycles. The van der Waals surface area contributed by atoms with Gasteiger partial charge in [0.2, 0.25) is 0 Å². The van der Waals surface area contributed by atoms with Gasteiger partial charge >= 0.3 is 0 Å². The molecule has 0 aliphatic heterocycles. The molecule has 0 fully saturated rings. The molecule has 2 nitrogen and oxygen atoms in total. The lowest BCUT2D eigenvalue weighted by Gasteiger charge is -2.13. The van der Waals surface area contributed by atoms with Gasteiger partial charge in [0.15, 0.2) is 0 Å². The topological polar surface area (TPSA) is 29.1 Å². The number of carbonyl (C=O) groups is 1. The second-order valence-electron chi connectivity index (χ2n) is 3.58. The minimum absolute atomic E-state index is 0.0103. The molecule has 0 spiro atoms. The van der Waals surface area contributed by atoms with Crippen molar-refractivity contribution in [3.8, 4) is 12.3 Å². The lowest BCUT2D eigenvalue weighted by molar-refractivity contribution is 0.0939. The Morgan fingerprint density at radius 1 is 1.65 bits per heavy atom. The zero-order valence-corrected chi connectivity index (χ0v) is 11.1. The van der Waals surface area contributed by atoms with Crippen LogP contribution in [-0.4, -0.2) is 11.9 Å². The van der Waals surface area contributed by atoms with E-state index >= 15 is 0 Å². The summed E-state index contributed by atoms with van der Waals surface area (Å²) in [6.45, 7) is 1.97. The second-order valence-corrected chi connectivity index (χ2v) is 4.43. The van der Waals surface area contributed by atoms with Gasteiger partial charge in [-0.05, 0) is 34.5 Å². The maximum absolute atomic E-state index is 13.5. The molecule has 1 amide bonds. The van der Waals surface area contributed by atoms with Gasteiger partial charge in [-0.25, -0.2) is 4.39 Å². The van der Waals surface area contributed by atoms with Crippen LogP contribution in [0.1, 0.15) is 30.1 Å². The fourth-order valence-corrected chi connectivity index (χ4v) is 1.95. The van der Waals surface area contributed by atoms with E-state index < -0.39 is 11.7 Å². The Kier molecular flexibility index (Phi) is 5.17. The maximum atomic E-state index is 13.5. The first-order valence-corrected chi connectivity index (χ1v) is 6.10. The van der Waals surface area contributed by atoms with Crippen molar-refractivity contribution in [3.05, 3.63) is 34.1 Å². The van der Waals surface area contributed by atoms with Crippen molar-refractivity contribution in [1.82, 2.24) is 5.32 Å². The Labute approximate surface area is 109 Å². The highest BCUT2D eigenvalue weighted by atomic mass is 79.9. The number of amides is 1. The van der Waals surface area contributed by atoms with E-state index in [1.165, 1.54) is 12.1 Å². The summed E-state index contributed by atoms with van der Waals surface area (Å²) >= 11 is 3.15. The molecule has 1 rings (SSSR count). The molecule has 0 saturated heterocycles. The maximum Gasteiger partial charge on any atom is 0.256 e. The Bertz CT molecular complexity index is 433. The van der Waals surface area contributed by atoms with Gasteiger partial charge in [0, 0.05) is 4.47 Å². The summed E-state index contributed by atoms with van der Waals surface area (Å²) in [6.07, 6.45) is 6.82. The van der Waals surface area contributed by atoms with Crippen LogP contribution in [0.5, 0.6) is 0 Å². The molecule has 0 aliphatic carbocycles. The number of carbonyl (C=O) groups excluding carboxylic acids is 1. The Morgan fingerprint density at radius 2 is 2.35 bits per heavy atom. The second kappa shape index (κ2) is 6.41.